The summed E-state index contributed by atoms with van der Waals surface area (Å²) in [6, 6.07) is 8.39. The molecular formula is C17H16ClNO4. The number of aromatic nitrogens is 1. The number of benzene rings is 1. The van der Waals surface area contributed by atoms with Gasteiger partial charge in [0, 0.05) is 6.54 Å². The summed E-state index contributed by atoms with van der Waals surface area (Å²) in [5.41, 5.74) is 1.99. The number of hydrogen-bond donors (Lipinski definition) is 0. The van der Waals surface area contributed by atoms with E-state index in [0.717, 1.165) is 5.56 Å². The number of aryl methyl sites for hydroxylation is 2. The van der Waals surface area contributed by atoms with Crippen molar-refractivity contribution in [3.8, 4) is 0 Å². The van der Waals surface area contributed by atoms with E-state index in [2.05, 4.69) is 4.74 Å². The molecule has 1 aromatic carbocycles. The highest BCUT2D eigenvalue weighted by Gasteiger charge is 2.11. The van der Waals surface area contributed by atoms with E-state index in [0.29, 0.717) is 36.1 Å². The summed E-state index contributed by atoms with van der Waals surface area (Å²) in [6.45, 7) is 2.06. The van der Waals surface area contributed by atoms with Crippen LogP contribution < -0.4 is 5.56 Å². The molecule has 0 aliphatic heterocycles. The number of halogens is 1. The Balaban J connectivity index is 2.23. The lowest BCUT2D eigenvalue weighted by Gasteiger charge is -2.12. The zero-order valence-electron chi connectivity index (χ0n) is 12.8. The molecule has 0 saturated heterocycles. The molecule has 1 heterocycles. The minimum atomic E-state index is -0.401. The van der Waals surface area contributed by atoms with Crippen LogP contribution in [-0.2, 0) is 17.7 Å². The number of carbonyl (C=O) groups excluding carboxylic acids is 2. The second-order valence-corrected chi connectivity index (χ2v) is 5.48. The summed E-state index contributed by atoms with van der Waals surface area (Å²) < 4.78 is 6.01. The number of aldehydes is 1. The molecular weight excluding hydrogens is 318 g/mol. The van der Waals surface area contributed by atoms with Crippen molar-refractivity contribution in [3.63, 3.8) is 0 Å². The quantitative estimate of drug-likeness (QED) is 0.623. The summed E-state index contributed by atoms with van der Waals surface area (Å²) in [7, 11) is 1.32. The molecule has 0 unspecified atom stereocenters. The van der Waals surface area contributed by atoms with E-state index in [1.165, 1.54) is 17.7 Å². The molecule has 23 heavy (non-hydrogen) atoms. The maximum Gasteiger partial charge on any atom is 0.337 e. The van der Waals surface area contributed by atoms with Crippen molar-refractivity contribution in [3.05, 3.63) is 68.1 Å². The standard InChI is InChI=1S/C17H16ClNO4/c1-11-9-14(18)16(21)19(15(11)10-20)8-7-12-3-5-13(6-4-12)17(22)23-2/h3-6,9-10H,7-8H2,1-2H3. The number of carbonyl (C=O) groups is 2. The van der Waals surface area contributed by atoms with Gasteiger partial charge in [0.1, 0.15) is 5.02 Å². The van der Waals surface area contributed by atoms with Gasteiger partial charge in [-0.3, -0.25) is 9.59 Å². The first kappa shape index (κ1) is 17.0. The van der Waals surface area contributed by atoms with Crippen molar-refractivity contribution >= 4 is 23.9 Å². The Hall–Kier alpha value is -2.40. The van der Waals surface area contributed by atoms with Crippen molar-refractivity contribution in [2.24, 2.45) is 0 Å². The molecule has 0 bridgehead atoms. The molecule has 0 amide bonds. The third kappa shape index (κ3) is 3.68. The van der Waals surface area contributed by atoms with Gasteiger partial charge >= 0.3 is 5.97 Å². The van der Waals surface area contributed by atoms with Crippen molar-refractivity contribution in [1.82, 2.24) is 4.57 Å². The lowest BCUT2D eigenvalue weighted by atomic mass is 10.1. The zero-order chi connectivity index (χ0) is 17.0. The summed E-state index contributed by atoms with van der Waals surface area (Å²) in [5, 5.41) is 0.0918. The molecule has 0 spiro atoms. The fraction of sp³-hybridized carbons (Fsp3) is 0.235. The lowest BCUT2D eigenvalue weighted by Crippen LogP contribution is -2.25. The molecule has 5 nitrogen and oxygen atoms in total. The van der Waals surface area contributed by atoms with E-state index >= 15 is 0 Å². The van der Waals surface area contributed by atoms with Gasteiger partial charge in [-0.05, 0) is 42.7 Å². The lowest BCUT2D eigenvalue weighted by molar-refractivity contribution is 0.0600. The SMILES string of the molecule is COC(=O)c1ccc(CCn2c(C=O)c(C)cc(Cl)c2=O)cc1. The summed E-state index contributed by atoms with van der Waals surface area (Å²) >= 11 is 5.90. The third-order valence-electron chi connectivity index (χ3n) is 3.60. The van der Waals surface area contributed by atoms with Crippen LogP contribution in [0.1, 0.15) is 32.0 Å². The summed E-state index contributed by atoms with van der Waals surface area (Å²) in [4.78, 5) is 34.7. The topological polar surface area (TPSA) is 65.4 Å². The number of pyridine rings is 1. The van der Waals surface area contributed by atoms with E-state index in [1.54, 1.807) is 31.2 Å². The van der Waals surface area contributed by atoms with Gasteiger partial charge in [-0.25, -0.2) is 4.79 Å². The number of nitrogens with zero attached hydrogens (tertiary/aromatic N) is 1. The Morgan fingerprint density at radius 2 is 1.96 bits per heavy atom. The maximum absolute atomic E-state index is 12.1. The predicted molar refractivity (Wildman–Crippen MR) is 87.3 cm³/mol. The first-order valence-corrected chi connectivity index (χ1v) is 7.38. The Kier molecular flexibility index (Phi) is 5.34. The van der Waals surface area contributed by atoms with Crippen LogP contribution in [0, 0.1) is 6.92 Å². The second-order valence-electron chi connectivity index (χ2n) is 5.07. The van der Waals surface area contributed by atoms with Crippen molar-refractivity contribution < 1.29 is 14.3 Å². The van der Waals surface area contributed by atoms with Crippen LogP contribution in [0.25, 0.3) is 0 Å². The molecule has 2 rings (SSSR count). The molecule has 0 radical (unpaired) electrons. The van der Waals surface area contributed by atoms with Gasteiger partial charge in [-0.1, -0.05) is 23.7 Å². The highest BCUT2D eigenvalue weighted by molar-refractivity contribution is 6.30. The van der Waals surface area contributed by atoms with Gasteiger partial charge in [-0.2, -0.15) is 0 Å². The highest BCUT2D eigenvalue weighted by Crippen LogP contribution is 2.12. The van der Waals surface area contributed by atoms with Gasteiger partial charge in [0.25, 0.3) is 5.56 Å². The van der Waals surface area contributed by atoms with Gasteiger partial charge in [-0.15, -0.1) is 0 Å². The number of methoxy groups -OCH3 is 1. The van der Waals surface area contributed by atoms with Crippen LogP contribution in [0.15, 0.2) is 35.1 Å². The fourth-order valence-corrected chi connectivity index (χ4v) is 2.59. The minimum absolute atomic E-state index is 0.0918. The number of esters is 1. The average molecular weight is 334 g/mol. The van der Waals surface area contributed by atoms with E-state index < -0.39 is 5.97 Å². The molecule has 1 aromatic heterocycles. The molecule has 2 aromatic rings. The van der Waals surface area contributed by atoms with Crippen LogP contribution in [-0.4, -0.2) is 23.9 Å². The van der Waals surface area contributed by atoms with Gasteiger partial charge in [0.2, 0.25) is 0 Å². The molecule has 0 aliphatic rings. The van der Waals surface area contributed by atoms with Crippen LogP contribution in [0.2, 0.25) is 5.02 Å². The Bertz CT molecular complexity index is 793. The van der Waals surface area contributed by atoms with Crippen LogP contribution in [0.3, 0.4) is 0 Å². The Labute approximate surface area is 138 Å². The Morgan fingerprint density at radius 1 is 1.30 bits per heavy atom. The fourth-order valence-electron chi connectivity index (χ4n) is 2.32. The van der Waals surface area contributed by atoms with Crippen molar-refractivity contribution in [2.45, 2.75) is 19.9 Å². The largest absolute Gasteiger partial charge is 0.465 e. The highest BCUT2D eigenvalue weighted by atomic mass is 35.5. The molecule has 0 atom stereocenters. The second kappa shape index (κ2) is 7.24. The van der Waals surface area contributed by atoms with Gasteiger partial charge in [0.05, 0.1) is 18.4 Å². The molecule has 0 saturated carbocycles. The van der Waals surface area contributed by atoms with E-state index in [4.69, 9.17) is 11.6 Å². The molecule has 0 N–H and O–H groups in total. The normalized spacial score (nSPS) is 10.4. The number of rotatable bonds is 5. The maximum atomic E-state index is 12.1. The number of ether oxygens (including phenoxy) is 1. The summed E-state index contributed by atoms with van der Waals surface area (Å²) in [6.07, 6.45) is 1.19. The van der Waals surface area contributed by atoms with Crippen LogP contribution >= 0.6 is 11.6 Å². The van der Waals surface area contributed by atoms with E-state index in [9.17, 15) is 14.4 Å². The monoisotopic (exact) mass is 333 g/mol. The Morgan fingerprint density at radius 3 is 2.52 bits per heavy atom. The third-order valence-corrected chi connectivity index (χ3v) is 3.87. The van der Waals surface area contributed by atoms with E-state index in [1.807, 2.05) is 0 Å². The first-order chi connectivity index (χ1) is 11.0. The summed E-state index contributed by atoms with van der Waals surface area (Å²) in [5.74, 6) is -0.401. The molecule has 0 aliphatic carbocycles. The molecule has 120 valence electrons. The zero-order valence-corrected chi connectivity index (χ0v) is 13.6. The predicted octanol–water partition coefficient (Wildman–Crippen LogP) is 2.65. The first-order valence-electron chi connectivity index (χ1n) is 7.00. The van der Waals surface area contributed by atoms with Gasteiger partial charge in [0.15, 0.2) is 6.29 Å². The van der Waals surface area contributed by atoms with Crippen molar-refractivity contribution in [2.75, 3.05) is 7.11 Å². The molecule has 6 heteroatoms. The number of hydrogen-bond acceptors (Lipinski definition) is 4. The average Bonchev–Trinajstić information content (AvgIpc) is 2.56. The van der Waals surface area contributed by atoms with Crippen LogP contribution in [0.5, 0.6) is 0 Å². The van der Waals surface area contributed by atoms with Gasteiger partial charge < -0.3 is 9.30 Å². The van der Waals surface area contributed by atoms with Crippen LogP contribution in [0.4, 0.5) is 0 Å². The van der Waals surface area contributed by atoms with E-state index in [-0.39, 0.29) is 10.6 Å². The smallest absolute Gasteiger partial charge is 0.337 e. The van der Waals surface area contributed by atoms with Crippen molar-refractivity contribution in [1.29, 1.82) is 0 Å². The minimum Gasteiger partial charge on any atom is -0.465 e. The molecule has 0 fully saturated rings.